The molecule has 24 heavy (non-hydrogen) atoms. The summed E-state index contributed by atoms with van der Waals surface area (Å²) in [6, 6.07) is 12.8. The molecule has 2 aromatic rings. The van der Waals surface area contributed by atoms with E-state index in [-0.39, 0.29) is 5.91 Å². The van der Waals surface area contributed by atoms with Crippen LogP contribution in [-0.4, -0.2) is 5.91 Å². The number of hydrogen-bond acceptors (Lipinski definition) is 1. The van der Waals surface area contributed by atoms with Crippen LogP contribution in [-0.2, 0) is 17.6 Å². The molecule has 1 amide bonds. The molecule has 0 saturated heterocycles. The standard InChI is InChI=1S/C22H19NO/c1-3-4-5-15-7-9-21-20(11-15)18-12-16-8-6-14(2)10-17(16)19(18)13-22(24)23-21/h6-11H,5,12-13H2,1-2H3,(H,23,24). The van der Waals surface area contributed by atoms with E-state index in [2.05, 4.69) is 54.4 Å². The molecule has 118 valence electrons. The van der Waals surface area contributed by atoms with E-state index in [0.29, 0.717) is 6.42 Å². The maximum Gasteiger partial charge on any atom is 0.228 e. The van der Waals surface area contributed by atoms with Crippen molar-refractivity contribution in [1.29, 1.82) is 0 Å². The summed E-state index contributed by atoms with van der Waals surface area (Å²) in [5, 5.41) is 3.06. The van der Waals surface area contributed by atoms with Crippen LogP contribution in [0.4, 0.5) is 5.69 Å². The van der Waals surface area contributed by atoms with Crippen LogP contribution >= 0.6 is 0 Å². The Morgan fingerprint density at radius 2 is 1.88 bits per heavy atom. The van der Waals surface area contributed by atoms with E-state index in [1.165, 1.54) is 33.4 Å². The molecule has 0 aromatic heterocycles. The average molecular weight is 313 g/mol. The second kappa shape index (κ2) is 5.69. The highest BCUT2D eigenvalue weighted by Gasteiger charge is 2.28. The summed E-state index contributed by atoms with van der Waals surface area (Å²) in [4.78, 5) is 12.4. The Bertz CT molecular complexity index is 954. The number of allylic oxidation sites excluding steroid dienone is 1. The quantitative estimate of drug-likeness (QED) is 0.778. The summed E-state index contributed by atoms with van der Waals surface area (Å²) in [5.74, 6) is 6.14. The Hall–Kier alpha value is -2.79. The summed E-state index contributed by atoms with van der Waals surface area (Å²) in [5.41, 5.74) is 9.54. The molecule has 1 aliphatic heterocycles. The van der Waals surface area contributed by atoms with Crippen LogP contribution in [0, 0.1) is 18.8 Å². The maximum absolute atomic E-state index is 12.4. The normalized spacial score (nSPS) is 14.8. The minimum Gasteiger partial charge on any atom is -0.325 e. The van der Waals surface area contributed by atoms with Crippen LogP contribution in [0.3, 0.4) is 0 Å². The van der Waals surface area contributed by atoms with E-state index in [0.717, 1.165) is 24.1 Å². The third-order valence-electron chi connectivity index (χ3n) is 4.81. The monoisotopic (exact) mass is 313 g/mol. The Balaban J connectivity index is 1.88. The van der Waals surface area contributed by atoms with E-state index in [1.807, 2.05) is 13.0 Å². The molecule has 2 aliphatic rings. The van der Waals surface area contributed by atoms with Gasteiger partial charge in [-0.05, 0) is 60.2 Å². The molecular formula is C22H19NO. The van der Waals surface area contributed by atoms with Gasteiger partial charge in [0.15, 0.2) is 0 Å². The van der Waals surface area contributed by atoms with Gasteiger partial charge in [-0.3, -0.25) is 4.79 Å². The van der Waals surface area contributed by atoms with Crippen LogP contribution in [0.1, 0.15) is 41.2 Å². The van der Waals surface area contributed by atoms with Gasteiger partial charge in [-0.2, -0.15) is 0 Å². The minimum atomic E-state index is 0.0664. The topological polar surface area (TPSA) is 29.1 Å². The van der Waals surface area contributed by atoms with Gasteiger partial charge in [-0.25, -0.2) is 0 Å². The zero-order valence-electron chi connectivity index (χ0n) is 14.0. The number of benzene rings is 2. The van der Waals surface area contributed by atoms with Crippen LogP contribution < -0.4 is 5.32 Å². The van der Waals surface area contributed by atoms with Crippen molar-refractivity contribution in [3.8, 4) is 11.8 Å². The molecule has 1 heterocycles. The molecular weight excluding hydrogens is 294 g/mol. The summed E-state index contributed by atoms with van der Waals surface area (Å²) in [6.45, 7) is 3.96. The molecule has 1 aliphatic carbocycles. The lowest BCUT2D eigenvalue weighted by atomic mass is 9.96. The molecule has 2 heteroatoms. The second-order valence-corrected chi connectivity index (χ2v) is 6.50. The minimum absolute atomic E-state index is 0.0664. The van der Waals surface area contributed by atoms with E-state index >= 15 is 0 Å². The molecule has 0 unspecified atom stereocenters. The Morgan fingerprint density at radius 3 is 2.71 bits per heavy atom. The van der Waals surface area contributed by atoms with Gasteiger partial charge in [0.1, 0.15) is 0 Å². The second-order valence-electron chi connectivity index (χ2n) is 6.50. The number of fused-ring (bicyclic) bond motifs is 4. The highest BCUT2D eigenvalue weighted by molar-refractivity contribution is 6.12. The van der Waals surface area contributed by atoms with Crippen molar-refractivity contribution in [2.45, 2.75) is 33.1 Å². The van der Waals surface area contributed by atoms with Crippen molar-refractivity contribution in [2.75, 3.05) is 5.32 Å². The number of rotatable bonds is 1. The van der Waals surface area contributed by atoms with Crippen LogP contribution in [0.25, 0.3) is 11.1 Å². The predicted molar refractivity (Wildman–Crippen MR) is 98.5 cm³/mol. The fourth-order valence-corrected chi connectivity index (χ4v) is 3.65. The van der Waals surface area contributed by atoms with E-state index in [4.69, 9.17) is 0 Å². The molecule has 1 N–H and O–H groups in total. The van der Waals surface area contributed by atoms with Gasteiger partial charge in [0.2, 0.25) is 5.91 Å². The van der Waals surface area contributed by atoms with Crippen LogP contribution in [0.15, 0.2) is 36.4 Å². The van der Waals surface area contributed by atoms with Crippen molar-refractivity contribution in [2.24, 2.45) is 0 Å². The fourth-order valence-electron chi connectivity index (χ4n) is 3.65. The van der Waals surface area contributed by atoms with Crippen LogP contribution in [0.2, 0.25) is 0 Å². The van der Waals surface area contributed by atoms with E-state index in [9.17, 15) is 4.79 Å². The molecule has 0 radical (unpaired) electrons. The van der Waals surface area contributed by atoms with Gasteiger partial charge >= 0.3 is 0 Å². The smallest absolute Gasteiger partial charge is 0.228 e. The maximum atomic E-state index is 12.4. The zero-order valence-corrected chi connectivity index (χ0v) is 14.0. The fraction of sp³-hybridized carbons (Fsp3) is 0.227. The number of carbonyl (C=O) groups is 1. The number of hydrogen-bond donors (Lipinski definition) is 1. The molecule has 2 nitrogen and oxygen atoms in total. The Morgan fingerprint density at radius 1 is 1.04 bits per heavy atom. The molecule has 2 aromatic carbocycles. The molecule has 0 bridgehead atoms. The van der Waals surface area contributed by atoms with Crippen molar-refractivity contribution < 1.29 is 4.79 Å². The number of carbonyl (C=O) groups excluding carboxylic acids is 1. The lowest BCUT2D eigenvalue weighted by molar-refractivity contribution is -0.115. The summed E-state index contributed by atoms with van der Waals surface area (Å²) < 4.78 is 0. The highest BCUT2D eigenvalue weighted by Crippen LogP contribution is 2.44. The van der Waals surface area contributed by atoms with Crippen molar-refractivity contribution >= 4 is 22.7 Å². The molecule has 0 saturated carbocycles. The van der Waals surface area contributed by atoms with Gasteiger partial charge in [0.25, 0.3) is 0 Å². The van der Waals surface area contributed by atoms with Gasteiger partial charge < -0.3 is 5.32 Å². The Labute approximate surface area is 142 Å². The third-order valence-corrected chi connectivity index (χ3v) is 4.81. The first-order valence-corrected chi connectivity index (χ1v) is 8.30. The van der Waals surface area contributed by atoms with E-state index < -0.39 is 0 Å². The summed E-state index contributed by atoms with van der Waals surface area (Å²) >= 11 is 0. The van der Waals surface area contributed by atoms with Gasteiger partial charge in [0, 0.05) is 17.7 Å². The van der Waals surface area contributed by atoms with Crippen molar-refractivity contribution in [3.05, 3.63) is 64.2 Å². The van der Waals surface area contributed by atoms with Gasteiger partial charge in [-0.15, -0.1) is 5.92 Å². The summed E-state index contributed by atoms with van der Waals surface area (Å²) in [6.07, 6.45) is 2.09. The largest absolute Gasteiger partial charge is 0.325 e. The molecule has 4 rings (SSSR count). The predicted octanol–water partition coefficient (Wildman–Crippen LogP) is 4.37. The van der Waals surface area contributed by atoms with E-state index in [1.54, 1.807) is 0 Å². The number of anilines is 1. The lowest BCUT2D eigenvalue weighted by Crippen LogP contribution is -2.11. The summed E-state index contributed by atoms with van der Waals surface area (Å²) in [7, 11) is 0. The van der Waals surface area contributed by atoms with Gasteiger partial charge in [0.05, 0.1) is 6.42 Å². The molecule has 0 spiro atoms. The molecule has 0 fully saturated rings. The van der Waals surface area contributed by atoms with Crippen LogP contribution in [0.5, 0.6) is 0 Å². The number of amides is 1. The Kier molecular flexibility index (Phi) is 3.50. The third kappa shape index (κ3) is 2.43. The van der Waals surface area contributed by atoms with Crippen molar-refractivity contribution in [3.63, 3.8) is 0 Å². The van der Waals surface area contributed by atoms with Gasteiger partial charge in [-0.1, -0.05) is 35.7 Å². The first kappa shape index (κ1) is 14.8. The zero-order chi connectivity index (χ0) is 16.7. The average Bonchev–Trinajstić information content (AvgIpc) is 2.84. The highest BCUT2D eigenvalue weighted by atomic mass is 16.1. The number of aryl methyl sites for hydroxylation is 1. The first-order chi connectivity index (χ1) is 11.7. The lowest BCUT2D eigenvalue weighted by Gasteiger charge is -2.11. The number of nitrogens with one attached hydrogen (secondary N) is 1. The molecule has 0 atom stereocenters. The first-order valence-electron chi connectivity index (χ1n) is 8.30. The SMILES string of the molecule is CC#CCc1ccc2c(c1)C1=C(CC(=O)N2)c2cc(C)ccc2C1. The van der Waals surface area contributed by atoms with Crippen molar-refractivity contribution in [1.82, 2.24) is 0 Å².